The van der Waals surface area contributed by atoms with Crippen LogP contribution in [0, 0.1) is 13.8 Å². The number of phenols is 1. The van der Waals surface area contributed by atoms with Gasteiger partial charge in [0.25, 0.3) is 0 Å². The second-order valence-corrected chi connectivity index (χ2v) is 9.74. The third-order valence-electron chi connectivity index (χ3n) is 8.14. The number of aliphatic hydroxyl groups excluding tert-OH is 1. The van der Waals surface area contributed by atoms with Crippen molar-refractivity contribution in [1.82, 2.24) is 9.80 Å². The van der Waals surface area contributed by atoms with E-state index in [4.69, 9.17) is 18.9 Å². The topological polar surface area (TPSA) is 118 Å². The molecule has 0 saturated carbocycles. The molecule has 2 aromatic rings. The Kier molecular flexibility index (Phi) is 4.94. The number of fused-ring (bicyclic) bond motifs is 9. The Morgan fingerprint density at radius 1 is 1.06 bits per heavy atom. The van der Waals surface area contributed by atoms with E-state index in [1.54, 1.807) is 14.0 Å². The average molecular weight is 497 g/mol. The molecule has 1 saturated heterocycles. The number of amides is 1. The highest BCUT2D eigenvalue weighted by molar-refractivity contribution is 6.10. The minimum Gasteiger partial charge on any atom is -0.504 e. The van der Waals surface area contributed by atoms with Crippen LogP contribution in [0.5, 0.6) is 28.7 Å². The molecule has 4 heterocycles. The summed E-state index contributed by atoms with van der Waals surface area (Å²) in [5, 5.41) is 21.9. The first-order valence-electron chi connectivity index (χ1n) is 11.8. The fraction of sp³-hybridized carbons (Fsp3) is 0.462. The molecule has 10 heteroatoms. The second-order valence-electron chi connectivity index (χ2n) is 9.74. The number of hydrogen-bond acceptors (Lipinski definition) is 9. The standard InChI is InChI=1S/C26H28N2O8/c1-10-6-12-7-13-26(32)28-14(8-29)16-17(23(34-5)11(2)24-25(16)36-9-35-24)20(30)19(28)18(27(13)3)15(12)21(31)22(10)33-4/h6,13-14,18-19,29,31H,7-9H2,1-5H3/t13-,14-,18+,19?/m0/s1. The normalized spacial score (nSPS) is 25.9. The molecule has 0 spiro atoms. The second kappa shape index (κ2) is 7.75. The van der Waals surface area contributed by atoms with Crippen molar-refractivity contribution < 1.29 is 38.7 Å². The van der Waals surface area contributed by atoms with E-state index in [0.717, 1.165) is 11.1 Å². The Hall–Kier alpha value is -3.50. The number of hydrogen-bond donors (Lipinski definition) is 2. The van der Waals surface area contributed by atoms with Gasteiger partial charge in [-0.1, -0.05) is 6.07 Å². The molecular weight excluding hydrogens is 468 g/mol. The van der Waals surface area contributed by atoms with Crippen molar-refractivity contribution in [2.45, 2.75) is 44.4 Å². The minimum absolute atomic E-state index is 0.0339. The summed E-state index contributed by atoms with van der Waals surface area (Å²) in [7, 11) is 4.75. The Morgan fingerprint density at radius 3 is 2.42 bits per heavy atom. The van der Waals surface area contributed by atoms with E-state index in [9.17, 15) is 19.8 Å². The molecule has 2 aromatic carbocycles. The zero-order valence-corrected chi connectivity index (χ0v) is 20.7. The fourth-order valence-electron chi connectivity index (χ4n) is 6.66. The van der Waals surface area contributed by atoms with Crippen molar-refractivity contribution in [1.29, 1.82) is 0 Å². The molecule has 0 aliphatic carbocycles. The van der Waals surface area contributed by atoms with Gasteiger partial charge >= 0.3 is 0 Å². The molecule has 1 amide bonds. The van der Waals surface area contributed by atoms with Crippen LogP contribution in [0.1, 0.15) is 50.3 Å². The molecule has 36 heavy (non-hydrogen) atoms. The lowest BCUT2D eigenvalue weighted by molar-refractivity contribution is -0.155. The van der Waals surface area contributed by atoms with Crippen molar-refractivity contribution in [2.24, 2.45) is 0 Å². The molecule has 10 nitrogen and oxygen atoms in total. The average Bonchev–Trinajstić information content (AvgIpc) is 3.34. The number of aromatic hydroxyl groups is 1. The zero-order chi connectivity index (χ0) is 25.6. The van der Waals surface area contributed by atoms with E-state index in [1.165, 1.54) is 19.1 Å². The number of methoxy groups -OCH3 is 2. The lowest BCUT2D eigenvalue weighted by atomic mass is 9.73. The molecule has 4 aliphatic heterocycles. The number of aryl methyl sites for hydroxylation is 1. The monoisotopic (exact) mass is 496 g/mol. The molecule has 2 N–H and O–H groups in total. The van der Waals surface area contributed by atoms with Crippen LogP contribution in [0.2, 0.25) is 0 Å². The van der Waals surface area contributed by atoms with Gasteiger partial charge in [0.2, 0.25) is 12.7 Å². The van der Waals surface area contributed by atoms with Crippen molar-refractivity contribution in [3.8, 4) is 28.7 Å². The number of likely N-dealkylation sites (N-methyl/N-ethyl adjacent to an activating group) is 1. The highest BCUT2D eigenvalue weighted by Gasteiger charge is 2.59. The number of piperazine rings is 1. The van der Waals surface area contributed by atoms with Gasteiger partial charge in [0, 0.05) is 16.7 Å². The lowest BCUT2D eigenvalue weighted by Gasteiger charge is -2.56. The summed E-state index contributed by atoms with van der Waals surface area (Å²) in [6, 6.07) is -1.16. The summed E-state index contributed by atoms with van der Waals surface area (Å²) in [4.78, 5) is 31.7. The predicted molar refractivity (Wildman–Crippen MR) is 126 cm³/mol. The van der Waals surface area contributed by atoms with Crippen LogP contribution in [0.3, 0.4) is 0 Å². The Morgan fingerprint density at radius 2 is 1.75 bits per heavy atom. The molecule has 1 unspecified atom stereocenters. The van der Waals surface area contributed by atoms with E-state index in [0.29, 0.717) is 46.1 Å². The number of nitrogens with zero attached hydrogens (tertiary/aromatic N) is 2. The summed E-state index contributed by atoms with van der Waals surface area (Å²) < 4.78 is 22.6. The summed E-state index contributed by atoms with van der Waals surface area (Å²) >= 11 is 0. The summed E-state index contributed by atoms with van der Waals surface area (Å²) in [6.07, 6.45) is 0.358. The number of ether oxygens (including phenoxy) is 4. The maximum absolute atomic E-state index is 14.4. The van der Waals surface area contributed by atoms with Crippen molar-refractivity contribution >= 4 is 11.7 Å². The minimum atomic E-state index is -1.01. The summed E-state index contributed by atoms with van der Waals surface area (Å²) in [5.74, 6) is 0.822. The molecule has 4 aliphatic rings. The Bertz CT molecular complexity index is 1340. The van der Waals surface area contributed by atoms with Crippen LogP contribution in [0.4, 0.5) is 0 Å². The molecule has 0 radical (unpaired) electrons. The van der Waals surface area contributed by atoms with E-state index in [-0.39, 0.29) is 29.8 Å². The van der Waals surface area contributed by atoms with E-state index >= 15 is 0 Å². The van der Waals surface area contributed by atoms with Gasteiger partial charge in [0.15, 0.2) is 28.8 Å². The maximum Gasteiger partial charge on any atom is 0.241 e. The van der Waals surface area contributed by atoms with Gasteiger partial charge in [-0.25, -0.2) is 0 Å². The van der Waals surface area contributed by atoms with Gasteiger partial charge in [-0.15, -0.1) is 0 Å². The first-order chi connectivity index (χ1) is 17.3. The largest absolute Gasteiger partial charge is 0.504 e. The molecule has 6 rings (SSSR count). The van der Waals surface area contributed by atoms with Crippen molar-refractivity contribution in [2.75, 3.05) is 34.7 Å². The number of carbonyl (C=O) groups excluding carboxylic acids is 2. The van der Waals surface area contributed by atoms with E-state index in [1.807, 2.05) is 17.9 Å². The van der Waals surface area contributed by atoms with Crippen LogP contribution >= 0.6 is 0 Å². The number of benzene rings is 2. The quantitative estimate of drug-likeness (QED) is 0.656. The first-order valence-corrected chi connectivity index (χ1v) is 11.8. The fourth-order valence-corrected chi connectivity index (χ4v) is 6.66. The highest BCUT2D eigenvalue weighted by atomic mass is 16.7. The molecule has 0 aromatic heterocycles. The Balaban J connectivity index is 1.65. The highest BCUT2D eigenvalue weighted by Crippen LogP contribution is 2.57. The van der Waals surface area contributed by atoms with Crippen LogP contribution < -0.4 is 18.9 Å². The van der Waals surface area contributed by atoms with Crippen molar-refractivity contribution in [3.63, 3.8) is 0 Å². The van der Waals surface area contributed by atoms with E-state index < -0.39 is 30.8 Å². The molecule has 190 valence electrons. The predicted octanol–water partition coefficient (Wildman–Crippen LogP) is 1.79. The maximum atomic E-state index is 14.4. The van der Waals surface area contributed by atoms with Gasteiger partial charge in [-0.2, -0.15) is 0 Å². The first kappa shape index (κ1) is 22.9. The number of rotatable bonds is 3. The third kappa shape index (κ3) is 2.63. The van der Waals surface area contributed by atoms with E-state index in [2.05, 4.69) is 0 Å². The molecule has 4 atom stereocenters. The van der Waals surface area contributed by atoms with Gasteiger partial charge < -0.3 is 34.1 Å². The number of aliphatic hydroxyl groups is 1. The van der Waals surface area contributed by atoms with Crippen LogP contribution in [-0.2, 0) is 11.2 Å². The Labute approximate surface area is 207 Å². The smallest absolute Gasteiger partial charge is 0.241 e. The third-order valence-corrected chi connectivity index (χ3v) is 8.14. The number of phenolic OH excluding ortho intramolecular Hbond substituents is 1. The van der Waals surface area contributed by atoms with Crippen molar-refractivity contribution in [3.05, 3.63) is 39.4 Å². The molecule has 1 fully saturated rings. The van der Waals surface area contributed by atoms with Gasteiger partial charge in [0.05, 0.1) is 44.5 Å². The number of carbonyl (C=O) groups is 2. The van der Waals surface area contributed by atoms with Crippen LogP contribution in [0.25, 0.3) is 0 Å². The van der Waals surface area contributed by atoms with Gasteiger partial charge in [0.1, 0.15) is 11.8 Å². The molecular formula is C26H28N2O8. The van der Waals surface area contributed by atoms with Gasteiger partial charge in [-0.3, -0.25) is 14.5 Å². The van der Waals surface area contributed by atoms with Gasteiger partial charge in [-0.05, 0) is 38.4 Å². The number of Topliss-reactive ketones (excluding diaryl/α,β-unsaturated/α-hetero) is 1. The molecule has 2 bridgehead atoms. The van der Waals surface area contributed by atoms with Crippen LogP contribution in [0.15, 0.2) is 6.07 Å². The summed E-state index contributed by atoms with van der Waals surface area (Å²) in [5.41, 5.74) is 3.39. The summed E-state index contributed by atoms with van der Waals surface area (Å²) in [6.45, 7) is 3.16. The van der Waals surface area contributed by atoms with Crippen LogP contribution in [-0.4, -0.2) is 78.5 Å². The zero-order valence-electron chi connectivity index (χ0n) is 20.7. The number of ketones is 1. The lowest BCUT2D eigenvalue weighted by Crippen LogP contribution is -2.68. The SMILES string of the molecule is COc1c(C)cc2c(c1O)[C@@H]1C3C(=O)c4c(OC)c(C)c5c(c4[C@H](CO)N3C(=O)[C@H](C2)N1C)OCO5.